The van der Waals surface area contributed by atoms with E-state index in [0.717, 1.165) is 23.9 Å². The number of hydrogen-bond donors (Lipinski definition) is 1. The topological polar surface area (TPSA) is 52.0 Å². The van der Waals surface area contributed by atoms with Gasteiger partial charge in [0, 0.05) is 35.2 Å². The van der Waals surface area contributed by atoms with Gasteiger partial charge in [-0.15, -0.1) is 5.26 Å². The number of fused-ring (bicyclic) bond motifs is 2. The first-order valence-corrected chi connectivity index (χ1v) is 7.45. The summed E-state index contributed by atoms with van der Waals surface area (Å²) in [5.74, 6) is 0.602. The Morgan fingerprint density at radius 3 is 3.24 bits per heavy atom. The molecule has 21 heavy (non-hydrogen) atoms. The van der Waals surface area contributed by atoms with E-state index in [1.165, 1.54) is 30.5 Å². The van der Waals surface area contributed by atoms with Crippen molar-refractivity contribution in [1.29, 1.82) is 5.26 Å². The lowest BCUT2D eigenvalue weighted by Crippen LogP contribution is -2.32. The van der Waals surface area contributed by atoms with Gasteiger partial charge in [-0.25, -0.2) is 0 Å². The molecule has 1 saturated heterocycles. The summed E-state index contributed by atoms with van der Waals surface area (Å²) in [6.07, 6.45) is 9.92. The van der Waals surface area contributed by atoms with Crippen molar-refractivity contribution in [2.24, 2.45) is 0 Å². The van der Waals surface area contributed by atoms with E-state index < -0.39 is 0 Å². The van der Waals surface area contributed by atoms with Crippen LogP contribution in [0.2, 0.25) is 0 Å². The summed E-state index contributed by atoms with van der Waals surface area (Å²) in [6, 6.07) is 6.44. The first-order chi connectivity index (χ1) is 10.3. The van der Waals surface area contributed by atoms with Gasteiger partial charge in [0.15, 0.2) is 0 Å². The summed E-state index contributed by atoms with van der Waals surface area (Å²) >= 11 is 0. The van der Waals surface area contributed by atoms with Crippen LogP contribution >= 0.6 is 0 Å². The van der Waals surface area contributed by atoms with E-state index in [-0.39, 0.29) is 0 Å². The summed E-state index contributed by atoms with van der Waals surface area (Å²) < 4.78 is 4.96. The van der Waals surface area contributed by atoms with Gasteiger partial charge in [-0.2, -0.15) is 0 Å². The SMILES string of the molecule is N#COc1ccc2[nH]cc(C3=CCN4CCCC4C3)c2c1. The van der Waals surface area contributed by atoms with Gasteiger partial charge in [0.2, 0.25) is 0 Å². The smallest absolute Gasteiger partial charge is 0.292 e. The Morgan fingerprint density at radius 1 is 1.38 bits per heavy atom. The van der Waals surface area contributed by atoms with Crippen molar-refractivity contribution in [3.05, 3.63) is 36.0 Å². The van der Waals surface area contributed by atoms with Crippen LogP contribution in [0.5, 0.6) is 5.75 Å². The molecule has 0 saturated carbocycles. The molecule has 0 spiro atoms. The van der Waals surface area contributed by atoms with Gasteiger partial charge in [0.25, 0.3) is 6.26 Å². The first-order valence-electron chi connectivity index (χ1n) is 7.45. The fourth-order valence-electron chi connectivity index (χ4n) is 3.63. The van der Waals surface area contributed by atoms with Crippen molar-refractivity contribution >= 4 is 16.5 Å². The number of aromatic nitrogens is 1. The van der Waals surface area contributed by atoms with Gasteiger partial charge in [-0.3, -0.25) is 4.90 Å². The number of rotatable bonds is 2. The quantitative estimate of drug-likeness (QED) is 0.858. The Balaban J connectivity index is 1.73. The molecule has 1 unspecified atom stereocenters. The molecule has 2 aliphatic heterocycles. The molecular formula is C17H17N3O. The van der Waals surface area contributed by atoms with Crippen LogP contribution < -0.4 is 4.74 Å². The molecule has 0 amide bonds. The average molecular weight is 279 g/mol. The van der Waals surface area contributed by atoms with Crippen LogP contribution in [0.4, 0.5) is 0 Å². The third-order valence-electron chi connectivity index (χ3n) is 4.69. The van der Waals surface area contributed by atoms with Crippen LogP contribution in [0, 0.1) is 11.5 Å². The molecule has 0 radical (unpaired) electrons. The summed E-state index contributed by atoms with van der Waals surface area (Å²) in [5, 5.41) is 9.81. The highest BCUT2D eigenvalue weighted by molar-refractivity contribution is 5.93. The molecule has 0 bridgehead atoms. The summed E-state index contributed by atoms with van der Waals surface area (Å²) in [7, 11) is 0. The minimum Gasteiger partial charge on any atom is -0.388 e. The molecule has 1 aromatic carbocycles. The monoisotopic (exact) mass is 279 g/mol. The fourth-order valence-corrected chi connectivity index (χ4v) is 3.63. The molecular weight excluding hydrogens is 262 g/mol. The largest absolute Gasteiger partial charge is 0.388 e. The molecule has 3 heterocycles. The number of nitriles is 1. The van der Waals surface area contributed by atoms with E-state index in [4.69, 9.17) is 10.00 Å². The number of aromatic amines is 1. The standard InChI is InChI=1S/C17H17N3O/c18-11-21-14-3-4-17-15(9-14)16(10-19-17)12-5-7-20-6-1-2-13(20)8-12/h3-5,9-10,13,19H,1-2,6-8H2. The third kappa shape index (κ3) is 2.10. The first kappa shape index (κ1) is 12.5. The van der Waals surface area contributed by atoms with E-state index in [1.807, 2.05) is 18.2 Å². The van der Waals surface area contributed by atoms with Crippen molar-refractivity contribution in [1.82, 2.24) is 9.88 Å². The number of ether oxygens (including phenoxy) is 1. The van der Waals surface area contributed by atoms with E-state index in [1.54, 1.807) is 6.26 Å². The lowest BCUT2D eigenvalue weighted by atomic mass is 9.94. The molecule has 1 atom stereocenters. The lowest BCUT2D eigenvalue weighted by molar-refractivity contribution is 0.275. The molecule has 1 aromatic heterocycles. The van der Waals surface area contributed by atoms with E-state index in [9.17, 15) is 0 Å². The highest BCUT2D eigenvalue weighted by atomic mass is 16.5. The summed E-state index contributed by atoms with van der Waals surface area (Å²) in [4.78, 5) is 5.89. The van der Waals surface area contributed by atoms with E-state index in [0.29, 0.717) is 11.8 Å². The summed E-state index contributed by atoms with van der Waals surface area (Å²) in [6.45, 7) is 2.30. The maximum atomic E-state index is 8.67. The van der Waals surface area contributed by atoms with Crippen LogP contribution in [0.1, 0.15) is 24.8 Å². The predicted octanol–water partition coefficient (Wildman–Crippen LogP) is 3.28. The van der Waals surface area contributed by atoms with Crippen LogP contribution in [0.15, 0.2) is 30.5 Å². The van der Waals surface area contributed by atoms with Crippen LogP contribution in [-0.4, -0.2) is 29.0 Å². The van der Waals surface area contributed by atoms with Gasteiger partial charge in [0.05, 0.1) is 0 Å². The predicted molar refractivity (Wildman–Crippen MR) is 81.7 cm³/mol. The summed E-state index contributed by atoms with van der Waals surface area (Å²) in [5.41, 5.74) is 3.75. The highest BCUT2D eigenvalue weighted by Crippen LogP contribution is 2.36. The van der Waals surface area contributed by atoms with Crippen LogP contribution in [0.25, 0.3) is 16.5 Å². The van der Waals surface area contributed by atoms with Crippen molar-refractivity contribution in [2.75, 3.05) is 13.1 Å². The second-order valence-corrected chi connectivity index (χ2v) is 5.83. The van der Waals surface area contributed by atoms with E-state index >= 15 is 0 Å². The fraction of sp³-hybridized carbons (Fsp3) is 0.353. The number of nitrogens with zero attached hydrogens (tertiary/aromatic N) is 2. The van der Waals surface area contributed by atoms with Crippen molar-refractivity contribution in [2.45, 2.75) is 25.3 Å². The van der Waals surface area contributed by atoms with Crippen molar-refractivity contribution in [3.8, 4) is 12.0 Å². The number of hydrogen-bond acceptors (Lipinski definition) is 3. The van der Waals surface area contributed by atoms with Crippen LogP contribution in [0.3, 0.4) is 0 Å². The zero-order valence-electron chi connectivity index (χ0n) is 11.8. The van der Waals surface area contributed by atoms with Gasteiger partial charge in [-0.05, 0) is 49.6 Å². The van der Waals surface area contributed by atoms with E-state index in [2.05, 4.69) is 22.2 Å². The number of benzene rings is 1. The molecule has 106 valence electrons. The van der Waals surface area contributed by atoms with Crippen molar-refractivity contribution in [3.63, 3.8) is 0 Å². The second kappa shape index (κ2) is 4.94. The normalized spacial score (nSPS) is 21.9. The molecule has 2 aliphatic rings. The Hall–Kier alpha value is -2.25. The molecule has 4 rings (SSSR count). The molecule has 0 aliphatic carbocycles. The zero-order chi connectivity index (χ0) is 14.2. The highest BCUT2D eigenvalue weighted by Gasteiger charge is 2.28. The molecule has 2 aromatic rings. The third-order valence-corrected chi connectivity index (χ3v) is 4.69. The Kier molecular flexibility index (Phi) is 2.94. The molecule has 1 fully saturated rings. The second-order valence-electron chi connectivity index (χ2n) is 5.83. The molecule has 4 heteroatoms. The number of nitrogens with one attached hydrogen (secondary N) is 1. The average Bonchev–Trinajstić information content (AvgIpc) is 3.12. The number of H-pyrrole nitrogens is 1. The molecule has 1 N–H and O–H groups in total. The van der Waals surface area contributed by atoms with Gasteiger partial charge in [0.1, 0.15) is 5.75 Å². The Morgan fingerprint density at radius 2 is 2.33 bits per heavy atom. The Bertz CT molecular complexity index is 753. The zero-order valence-corrected chi connectivity index (χ0v) is 11.8. The minimum atomic E-state index is 0.602. The lowest BCUT2D eigenvalue weighted by Gasteiger charge is -2.29. The van der Waals surface area contributed by atoms with Gasteiger partial charge >= 0.3 is 0 Å². The van der Waals surface area contributed by atoms with Gasteiger partial charge < -0.3 is 9.72 Å². The Labute approximate surface area is 123 Å². The van der Waals surface area contributed by atoms with Gasteiger partial charge in [-0.1, -0.05) is 6.08 Å². The maximum Gasteiger partial charge on any atom is 0.292 e. The molecule has 4 nitrogen and oxygen atoms in total. The maximum absolute atomic E-state index is 8.67. The minimum absolute atomic E-state index is 0.602. The van der Waals surface area contributed by atoms with Crippen molar-refractivity contribution < 1.29 is 4.74 Å². The van der Waals surface area contributed by atoms with Crippen LogP contribution in [-0.2, 0) is 0 Å².